The van der Waals surface area contributed by atoms with E-state index in [0.29, 0.717) is 5.71 Å². The largest absolute Gasteiger partial charge is 0.416 e. The van der Waals surface area contributed by atoms with Gasteiger partial charge in [0.05, 0.1) is 16.8 Å². The first kappa shape index (κ1) is 30.4. The Labute approximate surface area is 271 Å². The SMILES string of the molecule is N#CN=C1C2=C(C3CCC(c4ccc(C(F)(F)F)cc4)CC13)C1SC3=C(C4CCC(c5ccc(C(F)(F)F)cc5)CC4C3=N)C1S2. The van der Waals surface area contributed by atoms with E-state index in [4.69, 9.17) is 0 Å². The number of nitriles is 1. The van der Waals surface area contributed by atoms with Gasteiger partial charge < -0.3 is 5.41 Å². The molecule has 2 fully saturated rings. The molecule has 46 heavy (non-hydrogen) atoms. The Bertz CT molecular complexity index is 1750. The second-order valence-corrected chi connectivity index (χ2v) is 15.6. The number of fused-ring (bicyclic) bond motifs is 7. The molecule has 0 spiro atoms. The van der Waals surface area contributed by atoms with Crippen molar-refractivity contribution in [1.29, 1.82) is 10.7 Å². The molecule has 0 amide bonds. The van der Waals surface area contributed by atoms with E-state index in [-0.39, 0.29) is 46.0 Å². The highest BCUT2D eigenvalue weighted by Crippen LogP contribution is 2.68. The molecule has 2 heterocycles. The number of hydrogen-bond donors (Lipinski definition) is 1. The van der Waals surface area contributed by atoms with Crippen LogP contribution >= 0.6 is 23.5 Å². The summed E-state index contributed by atoms with van der Waals surface area (Å²) in [6.07, 6.45) is -1.70. The number of hydrogen-bond acceptors (Lipinski definition) is 5. The molecule has 0 radical (unpaired) electrons. The van der Waals surface area contributed by atoms with Gasteiger partial charge in [-0.25, -0.2) is 0 Å². The van der Waals surface area contributed by atoms with Crippen LogP contribution in [0.1, 0.15) is 72.6 Å². The summed E-state index contributed by atoms with van der Waals surface area (Å²) >= 11 is 3.58. The number of nitrogens with zero attached hydrogens (tertiary/aromatic N) is 2. The molecule has 8 unspecified atom stereocenters. The van der Waals surface area contributed by atoms with E-state index in [1.54, 1.807) is 47.8 Å². The van der Waals surface area contributed by atoms with Crippen molar-refractivity contribution >= 4 is 34.9 Å². The summed E-state index contributed by atoms with van der Waals surface area (Å²) in [6, 6.07) is 11.0. The van der Waals surface area contributed by atoms with E-state index in [1.807, 2.05) is 6.19 Å². The predicted molar refractivity (Wildman–Crippen MR) is 168 cm³/mol. The Morgan fingerprint density at radius 1 is 0.652 bits per heavy atom. The minimum Gasteiger partial charge on any atom is -0.304 e. The van der Waals surface area contributed by atoms with Crippen LogP contribution in [0.4, 0.5) is 26.3 Å². The lowest BCUT2D eigenvalue weighted by atomic mass is 9.69. The maximum atomic E-state index is 13.1. The summed E-state index contributed by atoms with van der Waals surface area (Å²) < 4.78 is 78.7. The maximum absolute atomic E-state index is 13.1. The zero-order valence-electron chi connectivity index (χ0n) is 24.5. The molecule has 4 aliphatic carbocycles. The van der Waals surface area contributed by atoms with Crippen LogP contribution < -0.4 is 0 Å². The van der Waals surface area contributed by atoms with Gasteiger partial charge >= 0.3 is 12.4 Å². The first-order chi connectivity index (χ1) is 21.9. The molecule has 11 heteroatoms. The van der Waals surface area contributed by atoms with Crippen LogP contribution in [0.25, 0.3) is 0 Å². The highest BCUT2D eigenvalue weighted by Gasteiger charge is 2.59. The van der Waals surface area contributed by atoms with Gasteiger partial charge in [0.2, 0.25) is 6.19 Å². The van der Waals surface area contributed by atoms with Gasteiger partial charge in [0.15, 0.2) is 0 Å². The summed E-state index contributed by atoms with van der Waals surface area (Å²) in [4.78, 5) is 6.57. The van der Waals surface area contributed by atoms with Crippen LogP contribution in [0.3, 0.4) is 0 Å². The number of aliphatic imine (C=N–C) groups is 1. The van der Waals surface area contributed by atoms with E-state index in [9.17, 15) is 37.0 Å². The molecule has 8 atom stereocenters. The summed E-state index contributed by atoms with van der Waals surface area (Å²) in [5.41, 5.74) is 4.70. The summed E-state index contributed by atoms with van der Waals surface area (Å²) in [5.74, 6) is 0.839. The normalized spacial score (nSPS) is 34.4. The average molecular weight is 670 g/mol. The molecule has 0 aromatic heterocycles. The van der Waals surface area contributed by atoms with E-state index < -0.39 is 23.5 Å². The Hall–Kier alpha value is -2.97. The molecule has 0 saturated heterocycles. The van der Waals surface area contributed by atoms with E-state index >= 15 is 0 Å². The van der Waals surface area contributed by atoms with Crippen molar-refractivity contribution in [3.63, 3.8) is 0 Å². The summed E-state index contributed by atoms with van der Waals surface area (Å²) in [5, 5.41) is 19.3. The third kappa shape index (κ3) is 4.72. The van der Waals surface area contributed by atoms with Crippen LogP contribution in [0.2, 0.25) is 0 Å². The van der Waals surface area contributed by atoms with Gasteiger partial charge in [-0.15, -0.1) is 23.5 Å². The Balaban J connectivity index is 0.990. The van der Waals surface area contributed by atoms with Crippen LogP contribution in [-0.4, -0.2) is 21.9 Å². The molecule has 2 saturated carbocycles. The number of thioether (sulfide) groups is 2. The molecule has 1 N–H and O–H groups in total. The summed E-state index contributed by atoms with van der Waals surface area (Å²) in [6.45, 7) is 0. The first-order valence-electron chi connectivity index (χ1n) is 15.7. The van der Waals surface area contributed by atoms with Crippen molar-refractivity contribution in [1.82, 2.24) is 0 Å². The van der Waals surface area contributed by atoms with Crippen LogP contribution in [0.5, 0.6) is 0 Å². The Morgan fingerprint density at radius 3 is 1.61 bits per heavy atom. The minimum absolute atomic E-state index is 0.0570. The average Bonchev–Trinajstić information content (AvgIpc) is 3.73. The number of rotatable bonds is 2. The van der Waals surface area contributed by atoms with Crippen molar-refractivity contribution in [3.05, 3.63) is 91.7 Å². The number of benzene rings is 2. The fourth-order valence-corrected chi connectivity index (χ4v) is 12.9. The van der Waals surface area contributed by atoms with E-state index in [1.165, 1.54) is 11.1 Å². The first-order valence-corrected chi connectivity index (χ1v) is 17.4. The van der Waals surface area contributed by atoms with Crippen molar-refractivity contribution in [3.8, 4) is 6.19 Å². The van der Waals surface area contributed by atoms with Crippen LogP contribution in [0, 0.1) is 40.5 Å². The highest BCUT2D eigenvalue weighted by atomic mass is 32.2. The van der Waals surface area contributed by atoms with Gasteiger partial charge in [-0.1, -0.05) is 24.3 Å². The third-order valence-corrected chi connectivity index (χ3v) is 14.3. The number of nitrogens with one attached hydrogen (secondary N) is 1. The molecule has 2 aromatic carbocycles. The standard InChI is InChI=1S/C35H29F6N3S2/c36-34(37,38)20-7-1-16(2-8-20)18-5-11-22-24(13-18)28(43)30-26(22)32-33(45-30)27-23-12-6-19(14-25(23)29(44-15-42)31(27)46-32)17-3-9-21(10-4-17)35(39,40)41/h1-4,7-10,18-19,22-25,32-33,43H,5-6,11-14H2. The Kier molecular flexibility index (Phi) is 7.11. The van der Waals surface area contributed by atoms with Gasteiger partial charge in [-0.05, 0) is 109 Å². The quantitative estimate of drug-likeness (QED) is 0.256. The van der Waals surface area contributed by atoms with Gasteiger partial charge in [-0.2, -0.15) is 36.6 Å². The third-order valence-electron chi connectivity index (χ3n) is 11.2. The van der Waals surface area contributed by atoms with Gasteiger partial charge in [0.25, 0.3) is 0 Å². The number of alkyl halides is 6. The maximum Gasteiger partial charge on any atom is 0.416 e. The zero-order valence-corrected chi connectivity index (χ0v) is 26.1. The van der Waals surface area contributed by atoms with Gasteiger partial charge in [0, 0.05) is 37.9 Å². The lowest BCUT2D eigenvalue weighted by molar-refractivity contribution is -0.138. The fourth-order valence-electron chi connectivity index (χ4n) is 9.14. The zero-order chi connectivity index (χ0) is 32.1. The molecule has 8 rings (SSSR count). The topological polar surface area (TPSA) is 60.0 Å². The molecule has 3 nitrogen and oxygen atoms in total. The number of halogens is 6. The minimum atomic E-state index is -4.37. The van der Waals surface area contributed by atoms with Crippen molar-refractivity contribution in [2.45, 2.75) is 73.2 Å². The molecule has 2 aromatic rings. The second kappa shape index (κ2) is 10.8. The smallest absolute Gasteiger partial charge is 0.304 e. The van der Waals surface area contributed by atoms with Crippen LogP contribution in [0.15, 0.2) is 74.5 Å². The Morgan fingerprint density at radius 2 is 1.11 bits per heavy atom. The monoisotopic (exact) mass is 669 g/mol. The highest BCUT2D eigenvalue weighted by molar-refractivity contribution is 8.10. The fraction of sp³-hybridized carbons (Fsp3) is 0.457. The molecule has 2 aliphatic heterocycles. The summed E-state index contributed by atoms with van der Waals surface area (Å²) in [7, 11) is 0. The number of allylic oxidation sites excluding steroid dienone is 2. The van der Waals surface area contributed by atoms with Crippen LogP contribution in [-0.2, 0) is 12.4 Å². The van der Waals surface area contributed by atoms with Crippen molar-refractivity contribution in [2.75, 3.05) is 0 Å². The molecular formula is C35H29F6N3S2. The molecule has 238 valence electrons. The van der Waals surface area contributed by atoms with Crippen molar-refractivity contribution < 1.29 is 26.3 Å². The van der Waals surface area contributed by atoms with E-state index in [0.717, 1.165) is 89.4 Å². The second-order valence-electron chi connectivity index (χ2n) is 13.3. The predicted octanol–water partition coefficient (Wildman–Crippen LogP) is 10.1. The van der Waals surface area contributed by atoms with Gasteiger partial charge in [-0.3, -0.25) is 0 Å². The molecule has 6 aliphatic rings. The molecular weight excluding hydrogens is 641 g/mol. The lowest BCUT2D eigenvalue weighted by Crippen LogP contribution is -2.33. The van der Waals surface area contributed by atoms with Gasteiger partial charge in [0.1, 0.15) is 0 Å². The van der Waals surface area contributed by atoms with E-state index in [2.05, 4.69) is 4.99 Å². The van der Waals surface area contributed by atoms with Crippen molar-refractivity contribution in [2.24, 2.45) is 28.7 Å². The molecule has 0 bridgehead atoms. The lowest BCUT2D eigenvalue weighted by Gasteiger charge is -2.38.